The average Bonchev–Trinajstić information content (AvgIpc) is 2.31. The molecule has 1 aromatic rings. The number of likely N-dealkylation sites (N-methyl/N-ethyl adjacent to an activating group) is 1. The number of anilines is 1. The van der Waals surface area contributed by atoms with Gasteiger partial charge in [-0.05, 0) is 38.5 Å². The normalized spacial score (nSPS) is 11.9. The Bertz CT molecular complexity index is 597. The van der Waals surface area contributed by atoms with Crippen LogP contribution in [0.1, 0.15) is 19.4 Å². The van der Waals surface area contributed by atoms with Gasteiger partial charge in [-0.25, -0.2) is 8.42 Å². The van der Waals surface area contributed by atoms with Gasteiger partial charge in [-0.15, -0.1) is 0 Å². The summed E-state index contributed by atoms with van der Waals surface area (Å²) in [6, 6.07) is 4.67. The number of nitrogen functional groups attached to an aromatic ring is 1. The fourth-order valence-electron chi connectivity index (χ4n) is 1.73. The molecule has 1 amide bonds. The van der Waals surface area contributed by atoms with E-state index in [0.29, 0.717) is 11.3 Å². The molecule has 3 N–H and O–H groups in total. The highest BCUT2D eigenvalue weighted by atomic mass is 32.2. The molecule has 1 rings (SSSR count). The van der Waals surface area contributed by atoms with Crippen molar-refractivity contribution in [3.8, 4) is 0 Å². The lowest BCUT2D eigenvalue weighted by Crippen LogP contribution is -2.41. The Morgan fingerprint density at radius 1 is 1.40 bits per heavy atom. The standard InChI is InChI=1S/C13H21N3O3S/c1-9(2)15-13(17)8-16(4)20(18,19)12-7-5-6-11(14)10(12)3/h5-7,9H,8,14H2,1-4H3,(H,15,17). The fraction of sp³-hybridized carbons (Fsp3) is 0.462. The molecule has 20 heavy (non-hydrogen) atoms. The molecule has 0 saturated heterocycles. The smallest absolute Gasteiger partial charge is 0.243 e. The molecule has 112 valence electrons. The SMILES string of the molecule is Cc1c(N)cccc1S(=O)(=O)N(C)CC(=O)NC(C)C. The lowest BCUT2D eigenvalue weighted by Gasteiger charge is -2.19. The number of nitrogens with zero attached hydrogens (tertiary/aromatic N) is 1. The van der Waals surface area contributed by atoms with Gasteiger partial charge in [0.2, 0.25) is 15.9 Å². The number of hydrogen-bond acceptors (Lipinski definition) is 4. The van der Waals surface area contributed by atoms with E-state index in [1.807, 2.05) is 13.8 Å². The summed E-state index contributed by atoms with van der Waals surface area (Å²) in [6.45, 7) is 5.04. The molecule has 7 heteroatoms. The Balaban J connectivity index is 2.99. The summed E-state index contributed by atoms with van der Waals surface area (Å²) in [5, 5.41) is 2.65. The van der Waals surface area contributed by atoms with E-state index in [0.717, 1.165) is 4.31 Å². The van der Waals surface area contributed by atoms with Gasteiger partial charge in [0.1, 0.15) is 0 Å². The molecule has 0 aliphatic heterocycles. The van der Waals surface area contributed by atoms with Gasteiger partial charge in [-0.1, -0.05) is 6.07 Å². The monoisotopic (exact) mass is 299 g/mol. The maximum atomic E-state index is 12.4. The third kappa shape index (κ3) is 3.71. The molecule has 0 aliphatic carbocycles. The minimum atomic E-state index is -3.73. The summed E-state index contributed by atoms with van der Waals surface area (Å²) in [6.07, 6.45) is 0. The van der Waals surface area contributed by atoms with Crippen LogP contribution in [0.5, 0.6) is 0 Å². The van der Waals surface area contributed by atoms with E-state index >= 15 is 0 Å². The highest BCUT2D eigenvalue weighted by Gasteiger charge is 2.25. The van der Waals surface area contributed by atoms with Gasteiger partial charge in [-0.2, -0.15) is 4.31 Å². The molecule has 0 bridgehead atoms. The van der Waals surface area contributed by atoms with Gasteiger partial charge in [0.15, 0.2) is 0 Å². The van der Waals surface area contributed by atoms with Crippen LogP contribution in [0.25, 0.3) is 0 Å². The van der Waals surface area contributed by atoms with Crippen molar-refractivity contribution < 1.29 is 13.2 Å². The van der Waals surface area contributed by atoms with Crippen LogP contribution in [0.15, 0.2) is 23.1 Å². The van der Waals surface area contributed by atoms with Crippen LogP contribution in [-0.2, 0) is 14.8 Å². The number of carbonyl (C=O) groups excluding carboxylic acids is 1. The van der Waals surface area contributed by atoms with Crippen molar-refractivity contribution in [1.82, 2.24) is 9.62 Å². The van der Waals surface area contributed by atoms with E-state index in [1.165, 1.54) is 13.1 Å². The number of benzene rings is 1. The van der Waals surface area contributed by atoms with Crippen LogP contribution in [0.4, 0.5) is 5.69 Å². The van der Waals surface area contributed by atoms with Crippen LogP contribution in [-0.4, -0.2) is 38.3 Å². The Labute approximate surface area is 120 Å². The first-order valence-corrected chi connectivity index (χ1v) is 7.71. The first-order valence-electron chi connectivity index (χ1n) is 6.27. The van der Waals surface area contributed by atoms with Gasteiger partial charge in [0, 0.05) is 18.8 Å². The van der Waals surface area contributed by atoms with Crippen molar-refractivity contribution in [2.24, 2.45) is 0 Å². The molecule has 0 spiro atoms. The molecule has 0 saturated carbocycles. The molecule has 0 radical (unpaired) electrons. The van der Waals surface area contributed by atoms with Crippen LogP contribution < -0.4 is 11.1 Å². The number of rotatable bonds is 5. The molecule has 1 aromatic carbocycles. The highest BCUT2D eigenvalue weighted by molar-refractivity contribution is 7.89. The largest absolute Gasteiger partial charge is 0.398 e. The Morgan fingerprint density at radius 3 is 2.55 bits per heavy atom. The minimum Gasteiger partial charge on any atom is -0.398 e. The number of carbonyl (C=O) groups is 1. The van der Waals surface area contributed by atoms with Crippen molar-refractivity contribution in [1.29, 1.82) is 0 Å². The summed E-state index contributed by atoms with van der Waals surface area (Å²) in [7, 11) is -2.36. The maximum absolute atomic E-state index is 12.4. The van der Waals surface area contributed by atoms with Crippen LogP contribution >= 0.6 is 0 Å². The van der Waals surface area contributed by atoms with Gasteiger partial charge in [-0.3, -0.25) is 4.79 Å². The molecule has 6 nitrogen and oxygen atoms in total. The van der Waals surface area contributed by atoms with Crippen molar-refractivity contribution >= 4 is 21.6 Å². The van der Waals surface area contributed by atoms with Gasteiger partial charge >= 0.3 is 0 Å². The number of sulfonamides is 1. The molecule has 0 unspecified atom stereocenters. The molecule has 0 fully saturated rings. The Hall–Kier alpha value is -1.60. The Morgan fingerprint density at radius 2 is 2.00 bits per heavy atom. The zero-order valence-corrected chi connectivity index (χ0v) is 13.0. The first-order chi connectivity index (χ1) is 9.16. The van der Waals surface area contributed by atoms with Crippen molar-refractivity contribution in [3.63, 3.8) is 0 Å². The summed E-state index contributed by atoms with van der Waals surface area (Å²) in [5.74, 6) is -0.340. The lowest BCUT2D eigenvalue weighted by atomic mass is 10.2. The number of nitrogens with one attached hydrogen (secondary N) is 1. The zero-order valence-electron chi connectivity index (χ0n) is 12.2. The van der Waals surface area contributed by atoms with E-state index in [1.54, 1.807) is 19.1 Å². The second-order valence-electron chi connectivity index (χ2n) is 4.95. The zero-order chi connectivity index (χ0) is 15.5. The quantitative estimate of drug-likeness (QED) is 0.784. The second-order valence-corrected chi connectivity index (χ2v) is 6.97. The van der Waals surface area contributed by atoms with Crippen molar-refractivity contribution in [2.75, 3.05) is 19.3 Å². The molecule has 0 heterocycles. The van der Waals surface area contributed by atoms with Crippen LogP contribution in [0, 0.1) is 6.92 Å². The summed E-state index contributed by atoms with van der Waals surface area (Å²) in [5.41, 5.74) is 6.62. The van der Waals surface area contributed by atoms with E-state index in [-0.39, 0.29) is 23.4 Å². The number of nitrogens with two attached hydrogens (primary N) is 1. The molecule has 0 aromatic heterocycles. The van der Waals surface area contributed by atoms with Crippen molar-refractivity contribution in [2.45, 2.75) is 31.7 Å². The van der Waals surface area contributed by atoms with E-state index in [2.05, 4.69) is 5.32 Å². The highest BCUT2D eigenvalue weighted by Crippen LogP contribution is 2.22. The van der Waals surface area contributed by atoms with E-state index in [4.69, 9.17) is 5.73 Å². The third-order valence-electron chi connectivity index (χ3n) is 2.83. The topological polar surface area (TPSA) is 92.5 Å². The number of hydrogen-bond donors (Lipinski definition) is 2. The predicted molar refractivity (Wildman–Crippen MR) is 78.7 cm³/mol. The van der Waals surface area contributed by atoms with Gasteiger partial charge in [0.25, 0.3) is 0 Å². The summed E-state index contributed by atoms with van der Waals surface area (Å²) < 4.78 is 25.9. The predicted octanol–water partition coefficient (Wildman–Crippen LogP) is 0.722. The second kappa shape index (κ2) is 6.23. The van der Waals surface area contributed by atoms with Crippen LogP contribution in [0.2, 0.25) is 0 Å². The molecular formula is C13H21N3O3S. The third-order valence-corrected chi connectivity index (χ3v) is 4.78. The van der Waals surface area contributed by atoms with E-state index < -0.39 is 10.0 Å². The number of amides is 1. The molecule has 0 aliphatic rings. The maximum Gasteiger partial charge on any atom is 0.243 e. The first kappa shape index (κ1) is 16.5. The van der Waals surface area contributed by atoms with E-state index in [9.17, 15) is 13.2 Å². The minimum absolute atomic E-state index is 0.0345. The summed E-state index contributed by atoms with van der Waals surface area (Å²) in [4.78, 5) is 11.8. The average molecular weight is 299 g/mol. The fourth-order valence-corrected chi connectivity index (χ4v) is 3.11. The van der Waals surface area contributed by atoms with Gasteiger partial charge in [0.05, 0.1) is 11.4 Å². The lowest BCUT2D eigenvalue weighted by molar-refractivity contribution is -0.121. The summed E-state index contributed by atoms with van der Waals surface area (Å²) >= 11 is 0. The van der Waals surface area contributed by atoms with Crippen LogP contribution in [0.3, 0.4) is 0 Å². The van der Waals surface area contributed by atoms with Gasteiger partial charge < -0.3 is 11.1 Å². The Kier molecular flexibility index (Phi) is 5.13. The molecular weight excluding hydrogens is 278 g/mol. The molecule has 0 atom stereocenters. The van der Waals surface area contributed by atoms with Crippen molar-refractivity contribution in [3.05, 3.63) is 23.8 Å².